The fourth-order valence-electron chi connectivity index (χ4n) is 12.2. The number of aromatic nitrogens is 3. The molecule has 3 saturated heterocycles. The van der Waals surface area contributed by atoms with E-state index >= 15 is 0 Å². The number of fused-ring (bicyclic) bond motifs is 1. The molecule has 1 spiro atoms. The van der Waals surface area contributed by atoms with Gasteiger partial charge in [0.1, 0.15) is 28.7 Å². The van der Waals surface area contributed by atoms with Crippen LogP contribution in [0.1, 0.15) is 107 Å². The Bertz CT molecular complexity index is 3100. The third-order valence-corrected chi connectivity index (χ3v) is 19.7. The van der Waals surface area contributed by atoms with E-state index in [-0.39, 0.29) is 67.8 Å². The fraction of sp³-hybridized carbons (Fsp3) is 0.508. The van der Waals surface area contributed by atoms with Gasteiger partial charge in [-0.1, -0.05) is 86.6 Å². The molecule has 2 aromatic heterocycles. The number of hydrogen-bond donors (Lipinski definition) is 5. The number of amides is 4. The molecule has 6 aliphatic rings. The number of hydrogen-bond acceptors (Lipinski definition) is 14. The van der Waals surface area contributed by atoms with E-state index in [9.17, 15) is 28.7 Å². The summed E-state index contributed by atoms with van der Waals surface area (Å²) in [6, 6.07) is 18.4. The van der Waals surface area contributed by atoms with Crippen LogP contribution in [-0.4, -0.2) is 122 Å². The van der Waals surface area contributed by atoms with Gasteiger partial charge >= 0.3 is 0 Å². The van der Waals surface area contributed by atoms with Crippen LogP contribution in [0, 0.1) is 23.7 Å². The van der Waals surface area contributed by atoms with Crippen molar-refractivity contribution in [3.05, 3.63) is 106 Å². The summed E-state index contributed by atoms with van der Waals surface area (Å²) in [6.45, 7) is 10.2. The third-order valence-electron chi connectivity index (χ3n) is 17.2. The molecule has 0 bridgehead atoms. The summed E-state index contributed by atoms with van der Waals surface area (Å²) in [6.07, 6.45) is 8.51. The van der Waals surface area contributed by atoms with Gasteiger partial charge in [-0.3, -0.25) is 19.2 Å². The Morgan fingerprint density at radius 1 is 0.962 bits per heavy atom. The van der Waals surface area contributed by atoms with Crippen molar-refractivity contribution >= 4 is 69.8 Å². The van der Waals surface area contributed by atoms with Gasteiger partial charge in [0, 0.05) is 68.1 Å². The number of nitrogens with zero attached hydrogens (tertiary/aromatic N) is 6. The topological polar surface area (TPSA) is 208 Å². The summed E-state index contributed by atoms with van der Waals surface area (Å²) in [4.78, 5) is 76.1. The van der Waals surface area contributed by atoms with E-state index in [0.717, 1.165) is 75.5 Å². The standard InChI is InChI=1S/C59H70ClFN10O6S2/c1-34-50(78-33-66-34)36-12-13-38(27-65-53(73)44-25-40(72)32-71(44)55(75)52(57(2,3)4)68-56(76)59(61)18-19-59)45(24-36)77-41-16-14-35(15-17-41)54(74)70-30-39(31-70)67-43-10-7-11-46(49(43)60)79-48-29-63-47(28-64-48)69-22-20-58(21-23-69)26-37-8-5-6-9-42(37)51(58)62/h5-13,24,28-29,33,35,39-41,44,51-52,67,72H,14-23,25-27,30-32,62H2,1-4H3,(H,65,73)(H,68,76)/t35?,40-,41?,44+,51+,52-/m1/s1. The van der Waals surface area contributed by atoms with Crippen LogP contribution in [-0.2, 0) is 32.1 Å². The van der Waals surface area contributed by atoms with Gasteiger partial charge < -0.3 is 46.2 Å². The highest BCUT2D eigenvalue weighted by Crippen LogP contribution is 2.51. The van der Waals surface area contributed by atoms with E-state index < -0.39 is 47.0 Å². The van der Waals surface area contributed by atoms with Crippen LogP contribution >= 0.6 is 34.7 Å². The number of ether oxygens (including phenoxy) is 1. The molecule has 418 valence electrons. The van der Waals surface area contributed by atoms with E-state index in [1.807, 2.05) is 60.6 Å². The number of nitrogens with one attached hydrogen (secondary N) is 3. The molecule has 16 nitrogen and oxygen atoms in total. The van der Waals surface area contributed by atoms with Gasteiger partial charge in [-0.25, -0.2) is 19.3 Å². The number of β-amino-alcohol motifs (C(OH)–C–C–N with tert-alkyl or cyclic N) is 1. The maximum absolute atomic E-state index is 14.7. The number of benzene rings is 3. The van der Waals surface area contributed by atoms with Crippen LogP contribution in [0.4, 0.5) is 15.9 Å². The number of aryl methyl sites for hydroxylation is 1. The van der Waals surface area contributed by atoms with Crippen molar-refractivity contribution in [1.29, 1.82) is 0 Å². The highest BCUT2D eigenvalue weighted by molar-refractivity contribution is 7.99. The number of halogens is 2. The fourth-order valence-corrected chi connectivity index (χ4v) is 14.1. The average molecular weight is 1130 g/mol. The molecule has 0 unspecified atom stereocenters. The minimum Gasteiger partial charge on any atom is -0.490 e. The first-order valence-corrected chi connectivity index (χ1v) is 29.8. The summed E-state index contributed by atoms with van der Waals surface area (Å²) in [5.74, 6) is -0.352. The molecule has 0 radical (unpaired) electrons. The molecule has 6 N–H and O–H groups in total. The van der Waals surface area contributed by atoms with E-state index in [4.69, 9.17) is 32.0 Å². The quantitative estimate of drug-likeness (QED) is 0.0668. The van der Waals surface area contributed by atoms with Gasteiger partial charge in [-0.05, 0) is 110 Å². The summed E-state index contributed by atoms with van der Waals surface area (Å²) < 4.78 is 21.5. The zero-order chi connectivity index (χ0) is 55.4. The first-order chi connectivity index (χ1) is 37.8. The first kappa shape index (κ1) is 55.1. The largest absolute Gasteiger partial charge is 0.490 e. The van der Waals surface area contributed by atoms with E-state index in [1.54, 1.807) is 26.3 Å². The maximum atomic E-state index is 14.7. The molecular weight excluding hydrogens is 1060 g/mol. The number of nitrogens with two attached hydrogens (primary N) is 1. The van der Waals surface area contributed by atoms with Crippen LogP contribution in [0.5, 0.6) is 5.75 Å². The Hall–Kier alpha value is -5.86. The number of aliphatic hydroxyl groups is 1. The maximum Gasteiger partial charge on any atom is 0.258 e. The third kappa shape index (κ3) is 11.6. The van der Waals surface area contributed by atoms with Crippen molar-refractivity contribution in [1.82, 2.24) is 35.4 Å². The van der Waals surface area contributed by atoms with Crippen molar-refractivity contribution in [2.24, 2.45) is 22.5 Å². The number of rotatable bonds is 15. The molecule has 3 aliphatic carbocycles. The van der Waals surface area contributed by atoms with Crippen LogP contribution in [0.15, 0.2) is 88.5 Å². The highest BCUT2D eigenvalue weighted by atomic mass is 35.5. The van der Waals surface area contributed by atoms with Gasteiger partial charge in [-0.2, -0.15) is 0 Å². The van der Waals surface area contributed by atoms with Crippen LogP contribution in [0.25, 0.3) is 10.4 Å². The first-order valence-electron chi connectivity index (χ1n) is 27.7. The number of alkyl halides is 1. The molecular formula is C59H70ClFN10O6S2. The number of carbonyl (C=O) groups is 4. The predicted molar refractivity (Wildman–Crippen MR) is 304 cm³/mol. The van der Waals surface area contributed by atoms with Crippen molar-refractivity contribution in [2.75, 3.05) is 42.9 Å². The average Bonchev–Trinajstić information content (AvgIpc) is 3.87. The highest BCUT2D eigenvalue weighted by Gasteiger charge is 2.54. The molecule has 5 aromatic rings. The summed E-state index contributed by atoms with van der Waals surface area (Å²) >= 11 is 10.0. The lowest BCUT2D eigenvalue weighted by Gasteiger charge is -2.43. The molecule has 3 aliphatic heterocycles. The molecule has 79 heavy (non-hydrogen) atoms. The van der Waals surface area contributed by atoms with E-state index in [1.165, 1.54) is 39.1 Å². The van der Waals surface area contributed by atoms with E-state index in [0.29, 0.717) is 49.5 Å². The number of anilines is 2. The van der Waals surface area contributed by atoms with Crippen LogP contribution < -0.4 is 31.3 Å². The zero-order valence-electron chi connectivity index (χ0n) is 45.2. The number of aliphatic hydroxyl groups excluding tert-OH is 1. The SMILES string of the molecule is Cc1ncsc1-c1ccc(CNC(=O)[C@@H]2C[C@@H](O)CN2C(=O)[C@@H](NC(=O)C2(F)CC2)C(C)(C)C)c(OC2CCC(C(=O)N3CC(Nc4cccc(Sc5cnc(N6CCC7(CC6)Cc6ccccc6[C@@H]7N)cn5)c4Cl)C3)CC2)c1. The molecule has 20 heteroatoms. The van der Waals surface area contributed by atoms with Gasteiger partial charge in [0.05, 0.1) is 57.4 Å². The minimum absolute atomic E-state index is 0.0152. The van der Waals surface area contributed by atoms with Gasteiger partial charge in [0.15, 0.2) is 5.67 Å². The molecule has 4 amide bonds. The lowest BCUT2D eigenvalue weighted by Crippen LogP contribution is -2.59. The van der Waals surface area contributed by atoms with Crippen molar-refractivity contribution < 1.29 is 33.4 Å². The second-order valence-corrected chi connectivity index (χ2v) is 26.0. The van der Waals surface area contributed by atoms with Gasteiger partial charge in [0.2, 0.25) is 17.7 Å². The summed E-state index contributed by atoms with van der Waals surface area (Å²) in [7, 11) is 0. The lowest BCUT2D eigenvalue weighted by molar-refractivity contribution is -0.145. The monoisotopic (exact) mass is 1130 g/mol. The van der Waals surface area contributed by atoms with Crippen molar-refractivity contribution in [2.45, 2.75) is 150 Å². The Balaban J connectivity index is 0.660. The van der Waals surface area contributed by atoms with Crippen LogP contribution in [0.3, 0.4) is 0 Å². The zero-order valence-corrected chi connectivity index (χ0v) is 47.6. The number of likely N-dealkylation sites (tertiary alicyclic amines) is 2. The van der Waals surface area contributed by atoms with Crippen molar-refractivity contribution in [3.8, 4) is 16.2 Å². The Morgan fingerprint density at radius 2 is 1.72 bits per heavy atom. The smallest absolute Gasteiger partial charge is 0.258 e. The Labute approximate surface area is 474 Å². The van der Waals surface area contributed by atoms with Gasteiger partial charge in [0.25, 0.3) is 5.91 Å². The molecule has 5 heterocycles. The molecule has 5 fully saturated rings. The molecule has 3 aromatic carbocycles. The summed E-state index contributed by atoms with van der Waals surface area (Å²) in [5, 5.41) is 21.3. The minimum atomic E-state index is -1.98. The Morgan fingerprint density at radius 3 is 2.41 bits per heavy atom. The Kier molecular flexibility index (Phi) is 15.5. The predicted octanol–water partition coefficient (Wildman–Crippen LogP) is 8.43. The second-order valence-electron chi connectivity index (χ2n) is 23.8. The number of carbonyl (C=O) groups excluding carboxylic acids is 4. The molecule has 2 saturated carbocycles. The molecule has 4 atom stereocenters. The second kappa shape index (κ2) is 22.2. The lowest BCUT2D eigenvalue weighted by atomic mass is 9.73. The van der Waals surface area contributed by atoms with E-state index in [2.05, 4.69) is 50.1 Å². The number of thiazole rings is 1. The summed E-state index contributed by atoms with van der Waals surface area (Å²) in [5.41, 5.74) is 12.0. The number of piperidine rings is 1. The molecule has 11 rings (SSSR count). The van der Waals surface area contributed by atoms with Crippen LogP contribution in [0.2, 0.25) is 5.02 Å². The van der Waals surface area contributed by atoms with Crippen molar-refractivity contribution in [3.63, 3.8) is 0 Å². The van der Waals surface area contributed by atoms with Gasteiger partial charge in [-0.15, -0.1) is 11.3 Å². The normalized spacial score (nSPS) is 23.6.